The summed E-state index contributed by atoms with van der Waals surface area (Å²) in [6, 6.07) is 13.9. The topological polar surface area (TPSA) is 66.4 Å². The molecule has 0 fully saturated rings. The van der Waals surface area contributed by atoms with Crippen molar-refractivity contribution < 1.29 is 14.7 Å². The first-order chi connectivity index (χ1) is 11.0. The van der Waals surface area contributed by atoms with E-state index in [2.05, 4.69) is 17.9 Å². The Kier molecular flexibility index (Phi) is 6.07. The van der Waals surface area contributed by atoms with Crippen LogP contribution in [0.5, 0.6) is 0 Å². The number of thiol groups is 1. The highest BCUT2D eigenvalue weighted by atomic mass is 35.5. The maximum atomic E-state index is 12.4. The van der Waals surface area contributed by atoms with E-state index >= 15 is 0 Å². The number of carbonyl (C=O) groups excluding carboxylic acids is 1. The molecule has 2 aromatic carbocycles. The standard InChI is InChI=1S/C17H16ClNO3S/c18-13-6-7-14(17(21)22)15(9-13)19-16(20)12(10-23)8-11-4-2-1-3-5-11/h1-7,9,12,23H,8,10H2,(H,19,20)(H,21,22). The molecule has 0 saturated carbocycles. The molecule has 4 nitrogen and oxygen atoms in total. The highest BCUT2D eigenvalue weighted by Crippen LogP contribution is 2.22. The third-order valence-corrected chi connectivity index (χ3v) is 4.06. The molecule has 0 heterocycles. The van der Waals surface area contributed by atoms with Gasteiger partial charge in [0.1, 0.15) is 0 Å². The molecule has 120 valence electrons. The first-order valence-corrected chi connectivity index (χ1v) is 8.00. The van der Waals surface area contributed by atoms with Gasteiger partial charge in [-0.1, -0.05) is 41.9 Å². The zero-order valence-corrected chi connectivity index (χ0v) is 13.8. The molecular weight excluding hydrogens is 334 g/mol. The van der Waals surface area contributed by atoms with E-state index in [0.717, 1.165) is 5.56 Å². The monoisotopic (exact) mass is 349 g/mol. The number of carboxylic acid groups (broad SMARTS) is 1. The van der Waals surface area contributed by atoms with Gasteiger partial charge < -0.3 is 10.4 Å². The van der Waals surface area contributed by atoms with Gasteiger partial charge in [0.15, 0.2) is 0 Å². The van der Waals surface area contributed by atoms with E-state index < -0.39 is 5.97 Å². The quantitative estimate of drug-likeness (QED) is 0.695. The maximum absolute atomic E-state index is 12.4. The summed E-state index contributed by atoms with van der Waals surface area (Å²) >= 11 is 10.1. The minimum absolute atomic E-state index is 0.000348. The van der Waals surface area contributed by atoms with Gasteiger partial charge in [0.2, 0.25) is 5.91 Å². The Bertz CT molecular complexity index is 706. The minimum Gasteiger partial charge on any atom is -0.478 e. The maximum Gasteiger partial charge on any atom is 0.337 e. The first-order valence-electron chi connectivity index (χ1n) is 6.99. The Balaban J connectivity index is 2.16. The number of rotatable bonds is 6. The second kappa shape index (κ2) is 8.04. The molecular formula is C17H16ClNO3S. The normalized spacial score (nSPS) is 11.7. The number of carboxylic acids is 1. The van der Waals surface area contributed by atoms with E-state index in [-0.39, 0.29) is 23.1 Å². The summed E-state index contributed by atoms with van der Waals surface area (Å²) in [5, 5.41) is 12.2. The Morgan fingerprint density at radius 2 is 1.87 bits per heavy atom. The minimum atomic E-state index is -1.12. The Hall–Kier alpha value is -1.98. The van der Waals surface area contributed by atoms with Crippen LogP contribution in [0.15, 0.2) is 48.5 Å². The number of carbonyl (C=O) groups is 2. The van der Waals surface area contributed by atoms with Gasteiger partial charge in [-0.25, -0.2) is 4.79 Å². The molecule has 0 aromatic heterocycles. The van der Waals surface area contributed by atoms with Crippen molar-refractivity contribution in [2.24, 2.45) is 5.92 Å². The lowest BCUT2D eigenvalue weighted by Gasteiger charge is -2.16. The summed E-state index contributed by atoms with van der Waals surface area (Å²) in [6.07, 6.45) is 0.527. The average Bonchev–Trinajstić information content (AvgIpc) is 2.53. The molecule has 2 N–H and O–H groups in total. The number of hydrogen-bond acceptors (Lipinski definition) is 3. The highest BCUT2D eigenvalue weighted by Gasteiger charge is 2.20. The van der Waals surface area contributed by atoms with Gasteiger partial charge in [-0.3, -0.25) is 4.79 Å². The molecule has 0 aliphatic heterocycles. The van der Waals surface area contributed by atoms with E-state index in [9.17, 15) is 14.7 Å². The van der Waals surface area contributed by atoms with Gasteiger partial charge in [0, 0.05) is 10.8 Å². The van der Waals surface area contributed by atoms with Crippen molar-refractivity contribution >= 4 is 41.8 Å². The molecule has 2 rings (SSSR count). The molecule has 6 heteroatoms. The van der Waals surface area contributed by atoms with Crippen LogP contribution in [0.1, 0.15) is 15.9 Å². The number of anilines is 1. The largest absolute Gasteiger partial charge is 0.478 e. The molecule has 0 bridgehead atoms. The number of aromatic carboxylic acids is 1. The number of hydrogen-bond donors (Lipinski definition) is 3. The van der Waals surface area contributed by atoms with Crippen molar-refractivity contribution in [2.75, 3.05) is 11.1 Å². The third kappa shape index (κ3) is 4.74. The fraction of sp³-hybridized carbons (Fsp3) is 0.176. The molecule has 1 atom stereocenters. The molecule has 1 amide bonds. The van der Waals surface area contributed by atoms with Gasteiger partial charge in [0.25, 0.3) is 0 Å². The van der Waals surface area contributed by atoms with E-state index in [4.69, 9.17) is 11.6 Å². The van der Waals surface area contributed by atoms with E-state index in [1.165, 1.54) is 18.2 Å². The van der Waals surface area contributed by atoms with Gasteiger partial charge in [-0.05, 0) is 30.2 Å². The van der Waals surface area contributed by atoms with Crippen LogP contribution in [0.25, 0.3) is 0 Å². The molecule has 0 saturated heterocycles. The lowest BCUT2D eigenvalue weighted by Crippen LogP contribution is -2.27. The molecule has 0 radical (unpaired) electrons. The van der Waals surface area contributed by atoms with Crippen LogP contribution in [0.2, 0.25) is 5.02 Å². The zero-order chi connectivity index (χ0) is 16.8. The number of nitrogens with one attached hydrogen (secondary N) is 1. The fourth-order valence-electron chi connectivity index (χ4n) is 2.18. The average molecular weight is 350 g/mol. The molecule has 0 spiro atoms. The van der Waals surface area contributed by atoms with Crippen LogP contribution >= 0.6 is 24.2 Å². The highest BCUT2D eigenvalue weighted by molar-refractivity contribution is 7.80. The lowest BCUT2D eigenvalue weighted by molar-refractivity contribution is -0.119. The lowest BCUT2D eigenvalue weighted by atomic mass is 10.00. The molecule has 0 aliphatic rings. The molecule has 1 unspecified atom stereocenters. The van der Waals surface area contributed by atoms with Crippen LogP contribution in [-0.4, -0.2) is 22.7 Å². The number of amides is 1. The van der Waals surface area contributed by atoms with Crippen LogP contribution in [0.4, 0.5) is 5.69 Å². The van der Waals surface area contributed by atoms with Gasteiger partial charge in [0.05, 0.1) is 17.2 Å². The van der Waals surface area contributed by atoms with Crippen LogP contribution < -0.4 is 5.32 Å². The SMILES string of the molecule is O=C(O)c1ccc(Cl)cc1NC(=O)C(CS)Cc1ccccc1. The van der Waals surface area contributed by atoms with Crippen LogP contribution in [0.3, 0.4) is 0 Å². The van der Waals surface area contributed by atoms with Crippen molar-refractivity contribution in [1.29, 1.82) is 0 Å². The predicted octanol–water partition coefficient (Wildman–Crippen LogP) is 3.77. The Labute approximate surface area is 144 Å². The number of benzene rings is 2. The Morgan fingerprint density at radius 1 is 1.17 bits per heavy atom. The molecule has 0 aliphatic carbocycles. The van der Waals surface area contributed by atoms with E-state index in [1.807, 2.05) is 30.3 Å². The van der Waals surface area contributed by atoms with Crippen molar-refractivity contribution in [3.63, 3.8) is 0 Å². The van der Waals surface area contributed by atoms with Crippen molar-refractivity contribution in [3.05, 3.63) is 64.7 Å². The van der Waals surface area contributed by atoms with E-state index in [1.54, 1.807) is 0 Å². The fourth-order valence-corrected chi connectivity index (χ4v) is 2.65. The summed E-state index contributed by atoms with van der Waals surface area (Å²) in [7, 11) is 0. The molecule has 2 aromatic rings. The smallest absolute Gasteiger partial charge is 0.337 e. The first kappa shape index (κ1) is 17.4. The van der Waals surface area contributed by atoms with Gasteiger partial charge >= 0.3 is 5.97 Å². The summed E-state index contributed by atoms with van der Waals surface area (Å²) in [5.41, 5.74) is 1.21. The second-order valence-electron chi connectivity index (χ2n) is 5.05. The van der Waals surface area contributed by atoms with Crippen LogP contribution in [0, 0.1) is 5.92 Å². The van der Waals surface area contributed by atoms with Crippen LogP contribution in [-0.2, 0) is 11.2 Å². The van der Waals surface area contributed by atoms with Crippen molar-refractivity contribution in [1.82, 2.24) is 0 Å². The van der Waals surface area contributed by atoms with Gasteiger partial charge in [-0.2, -0.15) is 12.6 Å². The number of halogens is 1. The summed E-state index contributed by atoms with van der Waals surface area (Å²) in [4.78, 5) is 23.7. The van der Waals surface area contributed by atoms with Gasteiger partial charge in [-0.15, -0.1) is 0 Å². The van der Waals surface area contributed by atoms with Crippen molar-refractivity contribution in [2.45, 2.75) is 6.42 Å². The van der Waals surface area contributed by atoms with E-state index in [0.29, 0.717) is 17.2 Å². The third-order valence-electron chi connectivity index (χ3n) is 3.39. The Morgan fingerprint density at radius 3 is 2.48 bits per heavy atom. The second-order valence-corrected chi connectivity index (χ2v) is 5.86. The summed E-state index contributed by atoms with van der Waals surface area (Å²) in [6.45, 7) is 0. The summed E-state index contributed by atoms with van der Waals surface area (Å²) < 4.78 is 0. The van der Waals surface area contributed by atoms with Crippen molar-refractivity contribution in [3.8, 4) is 0 Å². The molecule has 23 heavy (non-hydrogen) atoms. The summed E-state index contributed by atoms with van der Waals surface area (Å²) in [5.74, 6) is -1.43. The predicted molar refractivity (Wildman–Crippen MR) is 94.5 cm³/mol. The zero-order valence-electron chi connectivity index (χ0n) is 12.2.